The van der Waals surface area contributed by atoms with Crippen LogP contribution in [0.1, 0.15) is 6.42 Å². The smallest absolute Gasteiger partial charge is 0.224 e. The number of para-hydroxylation sites is 2. The summed E-state index contributed by atoms with van der Waals surface area (Å²) in [5.41, 5.74) is 0.555. The highest BCUT2D eigenvalue weighted by molar-refractivity contribution is 5.79. The van der Waals surface area contributed by atoms with Gasteiger partial charge in [0.2, 0.25) is 11.3 Å². The van der Waals surface area contributed by atoms with Crippen LogP contribution >= 0.6 is 0 Å². The zero-order valence-electron chi connectivity index (χ0n) is 15.0. The van der Waals surface area contributed by atoms with Crippen LogP contribution in [0.3, 0.4) is 0 Å². The molecule has 2 aromatic carbocycles. The molecule has 0 radical (unpaired) electrons. The maximum Gasteiger partial charge on any atom is 0.224 e. The van der Waals surface area contributed by atoms with E-state index in [-0.39, 0.29) is 30.1 Å². The number of likely N-dealkylation sites (N-methyl/N-ethyl adjacent to an activating group) is 1. The van der Waals surface area contributed by atoms with Crippen molar-refractivity contribution in [2.24, 2.45) is 0 Å². The third-order valence-corrected chi connectivity index (χ3v) is 4.25. The van der Waals surface area contributed by atoms with Gasteiger partial charge in [-0.2, -0.15) is 5.10 Å². The molecule has 0 saturated carbocycles. The highest BCUT2D eigenvalue weighted by Gasteiger charge is 2.11. The summed E-state index contributed by atoms with van der Waals surface area (Å²) >= 11 is 0. The predicted molar refractivity (Wildman–Crippen MR) is 100 cm³/mol. The lowest BCUT2D eigenvalue weighted by molar-refractivity contribution is -0.130. The summed E-state index contributed by atoms with van der Waals surface area (Å²) in [7, 11) is 1.67. The van der Waals surface area contributed by atoms with Crippen LogP contribution in [0, 0.1) is 5.82 Å². The molecule has 0 saturated heterocycles. The molecule has 1 heterocycles. The molecule has 3 aromatic rings. The van der Waals surface area contributed by atoms with E-state index in [0.717, 1.165) is 0 Å². The lowest BCUT2D eigenvalue weighted by Crippen LogP contribution is -2.31. The number of aromatic nitrogens is 2. The number of halogens is 1. The van der Waals surface area contributed by atoms with Gasteiger partial charge in [0, 0.05) is 18.9 Å². The standard InChI is InChI=1S/C20H20FN3O3/c1-23(12-13-27-19-9-5-3-7-16(19)21)20(26)10-11-24-17-8-4-2-6-15(17)18(25)14-22-24/h2-9,14H,10-13H2,1H3. The molecule has 140 valence electrons. The number of aryl methyl sites for hydroxylation is 1. The first kappa shape index (κ1) is 18.6. The second-order valence-electron chi connectivity index (χ2n) is 6.09. The third kappa shape index (κ3) is 4.49. The zero-order valence-corrected chi connectivity index (χ0v) is 15.0. The first-order chi connectivity index (χ1) is 13.1. The van der Waals surface area contributed by atoms with Gasteiger partial charge in [0.15, 0.2) is 11.6 Å². The van der Waals surface area contributed by atoms with Gasteiger partial charge in [-0.1, -0.05) is 24.3 Å². The Morgan fingerprint density at radius 2 is 1.93 bits per heavy atom. The van der Waals surface area contributed by atoms with E-state index in [1.54, 1.807) is 48.1 Å². The molecule has 0 aliphatic heterocycles. The minimum Gasteiger partial charge on any atom is -0.489 e. The lowest BCUT2D eigenvalue weighted by atomic mass is 10.2. The molecule has 0 N–H and O–H groups in total. The summed E-state index contributed by atoms with van der Waals surface area (Å²) in [6.45, 7) is 0.895. The minimum atomic E-state index is -0.428. The summed E-state index contributed by atoms with van der Waals surface area (Å²) in [5.74, 6) is -0.346. The molecule has 1 amide bonds. The van der Waals surface area contributed by atoms with Crippen molar-refractivity contribution in [3.05, 3.63) is 70.8 Å². The average Bonchev–Trinajstić information content (AvgIpc) is 2.69. The number of benzene rings is 2. The van der Waals surface area contributed by atoms with E-state index in [4.69, 9.17) is 4.74 Å². The normalized spacial score (nSPS) is 10.7. The van der Waals surface area contributed by atoms with Crippen molar-refractivity contribution >= 4 is 16.8 Å². The van der Waals surface area contributed by atoms with Crippen molar-refractivity contribution in [2.45, 2.75) is 13.0 Å². The Kier molecular flexibility index (Phi) is 5.80. The number of carbonyl (C=O) groups is 1. The highest BCUT2D eigenvalue weighted by atomic mass is 19.1. The molecule has 0 atom stereocenters. The summed E-state index contributed by atoms with van der Waals surface area (Å²) in [4.78, 5) is 25.7. The van der Waals surface area contributed by atoms with Crippen LogP contribution in [0.25, 0.3) is 10.9 Å². The number of carbonyl (C=O) groups excluding carboxylic acids is 1. The molecular formula is C20H20FN3O3. The van der Waals surface area contributed by atoms with Gasteiger partial charge in [-0.3, -0.25) is 14.3 Å². The minimum absolute atomic E-state index is 0.0864. The van der Waals surface area contributed by atoms with Crippen LogP contribution < -0.4 is 10.2 Å². The van der Waals surface area contributed by atoms with E-state index in [0.29, 0.717) is 24.0 Å². The molecule has 3 rings (SSSR count). The fourth-order valence-corrected chi connectivity index (χ4v) is 2.71. The number of hydrogen-bond acceptors (Lipinski definition) is 4. The van der Waals surface area contributed by atoms with E-state index in [1.807, 2.05) is 6.07 Å². The number of fused-ring (bicyclic) bond motifs is 1. The van der Waals surface area contributed by atoms with Gasteiger partial charge in [0.1, 0.15) is 6.61 Å². The Morgan fingerprint density at radius 1 is 1.19 bits per heavy atom. The van der Waals surface area contributed by atoms with Crippen molar-refractivity contribution in [3.63, 3.8) is 0 Å². The van der Waals surface area contributed by atoms with Crippen LogP contribution in [0.5, 0.6) is 5.75 Å². The van der Waals surface area contributed by atoms with Crippen LogP contribution in [-0.4, -0.2) is 40.8 Å². The zero-order chi connectivity index (χ0) is 19.2. The van der Waals surface area contributed by atoms with Gasteiger partial charge >= 0.3 is 0 Å². The molecule has 7 heteroatoms. The second kappa shape index (κ2) is 8.44. The van der Waals surface area contributed by atoms with Crippen molar-refractivity contribution < 1.29 is 13.9 Å². The first-order valence-corrected chi connectivity index (χ1v) is 8.62. The Bertz CT molecular complexity index is 1000. The summed E-state index contributed by atoms with van der Waals surface area (Å²) in [5, 5.41) is 4.69. The number of nitrogens with zero attached hydrogens (tertiary/aromatic N) is 3. The molecule has 27 heavy (non-hydrogen) atoms. The van der Waals surface area contributed by atoms with Crippen LogP contribution in [-0.2, 0) is 11.3 Å². The van der Waals surface area contributed by atoms with Gasteiger partial charge in [-0.05, 0) is 24.3 Å². The number of amides is 1. The third-order valence-electron chi connectivity index (χ3n) is 4.25. The largest absolute Gasteiger partial charge is 0.489 e. The molecule has 0 unspecified atom stereocenters. The van der Waals surface area contributed by atoms with Crippen molar-refractivity contribution in [3.8, 4) is 5.75 Å². The van der Waals surface area contributed by atoms with Crippen molar-refractivity contribution in [1.82, 2.24) is 14.7 Å². The van der Waals surface area contributed by atoms with E-state index in [1.165, 1.54) is 17.2 Å². The van der Waals surface area contributed by atoms with E-state index >= 15 is 0 Å². The summed E-state index contributed by atoms with van der Waals surface area (Å²) in [6, 6.07) is 13.3. The van der Waals surface area contributed by atoms with Gasteiger partial charge in [-0.15, -0.1) is 0 Å². The van der Waals surface area contributed by atoms with Crippen LogP contribution in [0.15, 0.2) is 59.5 Å². The molecule has 1 aromatic heterocycles. The van der Waals surface area contributed by atoms with Gasteiger partial charge in [0.05, 0.1) is 24.8 Å². The molecule has 6 nitrogen and oxygen atoms in total. The topological polar surface area (TPSA) is 64.4 Å². The molecule has 0 aliphatic carbocycles. The SMILES string of the molecule is CN(CCOc1ccccc1F)C(=O)CCn1ncc(=O)c2ccccc21. The lowest BCUT2D eigenvalue weighted by Gasteiger charge is -2.18. The van der Waals surface area contributed by atoms with Gasteiger partial charge < -0.3 is 9.64 Å². The molecule has 0 bridgehead atoms. The van der Waals surface area contributed by atoms with E-state index in [9.17, 15) is 14.0 Å². The fourth-order valence-electron chi connectivity index (χ4n) is 2.71. The predicted octanol–water partition coefficient (Wildman–Crippen LogP) is 2.46. The monoisotopic (exact) mass is 369 g/mol. The van der Waals surface area contributed by atoms with E-state index in [2.05, 4.69) is 5.10 Å². The van der Waals surface area contributed by atoms with Crippen LogP contribution in [0.2, 0.25) is 0 Å². The van der Waals surface area contributed by atoms with Crippen molar-refractivity contribution in [2.75, 3.05) is 20.2 Å². The number of ether oxygens (including phenoxy) is 1. The van der Waals surface area contributed by atoms with Gasteiger partial charge in [0.25, 0.3) is 0 Å². The molecular weight excluding hydrogens is 349 g/mol. The molecule has 0 aliphatic rings. The Balaban J connectivity index is 1.54. The average molecular weight is 369 g/mol. The number of rotatable bonds is 7. The Hall–Kier alpha value is -3.22. The van der Waals surface area contributed by atoms with Crippen molar-refractivity contribution in [1.29, 1.82) is 0 Å². The first-order valence-electron chi connectivity index (χ1n) is 8.62. The summed E-state index contributed by atoms with van der Waals surface area (Å²) in [6.07, 6.45) is 1.49. The fraction of sp³-hybridized carbons (Fsp3) is 0.250. The molecule has 0 spiro atoms. The summed E-state index contributed by atoms with van der Waals surface area (Å²) < 4.78 is 20.5. The quantitative estimate of drug-likeness (QED) is 0.642. The van der Waals surface area contributed by atoms with E-state index < -0.39 is 5.82 Å². The maximum absolute atomic E-state index is 13.5. The molecule has 0 fully saturated rings. The maximum atomic E-state index is 13.5. The highest BCUT2D eigenvalue weighted by Crippen LogP contribution is 2.15. The van der Waals surface area contributed by atoms with Crippen LogP contribution in [0.4, 0.5) is 4.39 Å². The second-order valence-corrected chi connectivity index (χ2v) is 6.09. The Labute approximate surface area is 155 Å². The van der Waals surface area contributed by atoms with Gasteiger partial charge in [-0.25, -0.2) is 4.39 Å². The number of hydrogen-bond donors (Lipinski definition) is 0. The Morgan fingerprint density at radius 3 is 2.74 bits per heavy atom.